The third-order valence-electron chi connectivity index (χ3n) is 4.59. The van der Waals surface area contributed by atoms with Gasteiger partial charge in [0.25, 0.3) is 0 Å². The number of carbonyl (C=O) groups is 1. The van der Waals surface area contributed by atoms with Crippen molar-refractivity contribution >= 4 is 40.2 Å². The van der Waals surface area contributed by atoms with Crippen molar-refractivity contribution in [3.63, 3.8) is 0 Å². The SMILES string of the molecule is Cc1ccc2nc(N3CCCC3)nc(SCC(=O)Nc3ccccc3)c2c1. The molecule has 6 heteroatoms. The van der Waals surface area contributed by atoms with Crippen LogP contribution >= 0.6 is 11.8 Å². The highest BCUT2D eigenvalue weighted by Gasteiger charge is 2.18. The van der Waals surface area contributed by atoms with Crippen LogP contribution < -0.4 is 10.2 Å². The Morgan fingerprint density at radius 3 is 2.67 bits per heavy atom. The Kier molecular flexibility index (Phi) is 5.25. The fourth-order valence-electron chi connectivity index (χ4n) is 3.22. The summed E-state index contributed by atoms with van der Waals surface area (Å²) in [5, 5.41) is 4.81. The molecule has 27 heavy (non-hydrogen) atoms. The van der Waals surface area contributed by atoms with Crippen LogP contribution in [0.2, 0.25) is 0 Å². The number of amides is 1. The number of benzene rings is 2. The molecule has 5 nitrogen and oxygen atoms in total. The van der Waals surface area contributed by atoms with E-state index in [0.29, 0.717) is 5.75 Å². The number of thioether (sulfide) groups is 1. The maximum Gasteiger partial charge on any atom is 0.234 e. The van der Waals surface area contributed by atoms with Gasteiger partial charge in [0.2, 0.25) is 11.9 Å². The lowest BCUT2D eigenvalue weighted by atomic mass is 10.2. The summed E-state index contributed by atoms with van der Waals surface area (Å²) in [6.07, 6.45) is 2.36. The van der Waals surface area contributed by atoms with E-state index in [0.717, 1.165) is 46.2 Å². The van der Waals surface area contributed by atoms with Gasteiger partial charge in [-0.25, -0.2) is 9.97 Å². The second-order valence-electron chi connectivity index (χ2n) is 6.75. The van der Waals surface area contributed by atoms with Gasteiger partial charge in [-0.1, -0.05) is 41.6 Å². The summed E-state index contributed by atoms with van der Waals surface area (Å²) in [5.74, 6) is 1.05. The Bertz CT molecular complexity index is 955. The van der Waals surface area contributed by atoms with Crippen LogP contribution in [0, 0.1) is 6.92 Å². The molecule has 138 valence electrons. The number of anilines is 2. The van der Waals surface area contributed by atoms with Crippen LogP contribution in [-0.2, 0) is 4.79 Å². The minimum absolute atomic E-state index is 0.0339. The van der Waals surface area contributed by atoms with E-state index in [4.69, 9.17) is 9.97 Å². The monoisotopic (exact) mass is 378 g/mol. The van der Waals surface area contributed by atoms with E-state index in [9.17, 15) is 4.79 Å². The van der Waals surface area contributed by atoms with Gasteiger partial charge in [0.1, 0.15) is 5.03 Å². The van der Waals surface area contributed by atoms with Crippen molar-refractivity contribution < 1.29 is 4.79 Å². The summed E-state index contributed by atoms with van der Waals surface area (Å²) in [5.41, 5.74) is 2.91. The highest BCUT2D eigenvalue weighted by atomic mass is 32.2. The zero-order valence-electron chi connectivity index (χ0n) is 15.3. The molecule has 0 bridgehead atoms. The molecule has 1 fully saturated rings. The zero-order chi connectivity index (χ0) is 18.6. The largest absolute Gasteiger partial charge is 0.341 e. The topological polar surface area (TPSA) is 58.1 Å². The van der Waals surface area contributed by atoms with Crippen molar-refractivity contribution in [1.29, 1.82) is 0 Å². The van der Waals surface area contributed by atoms with Gasteiger partial charge in [-0.05, 0) is 44.0 Å². The van der Waals surface area contributed by atoms with Gasteiger partial charge in [-0.3, -0.25) is 4.79 Å². The highest BCUT2D eigenvalue weighted by Crippen LogP contribution is 2.29. The summed E-state index contributed by atoms with van der Waals surface area (Å²) in [4.78, 5) is 24.1. The maximum atomic E-state index is 12.3. The average Bonchev–Trinajstić information content (AvgIpc) is 3.22. The number of aryl methyl sites for hydroxylation is 1. The van der Waals surface area contributed by atoms with Crippen LogP contribution in [0.3, 0.4) is 0 Å². The minimum atomic E-state index is -0.0339. The van der Waals surface area contributed by atoms with Gasteiger partial charge in [-0.15, -0.1) is 0 Å². The molecular formula is C21H22N4OS. The minimum Gasteiger partial charge on any atom is -0.341 e. The van der Waals surface area contributed by atoms with E-state index in [2.05, 4.69) is 29.3 Å². The summed E-state index contributed by atoms with van der Waals surface area (Å²) in [7, 11) is 0. The van der Waals surface area contributed by atoms with Gasteiger partial charge in [0, 0.05) is 24.2 Å². The summed E-state index contributed by atoms with van der Waals surface area (Å²) >= 11 is 1.47. The molecule has 1 N–H and O–H groups in total. The molecule has 0 atom stereocenters. The molecule has 0 saturated carbocycles. The Morgan fingerprint density at radius 1 is 1.11 bits per heavy atom. The van der Waals surface area contributed by atoms with Gasteiger partial charge in [0.05, 0.1) is 11.3 Å². The second-order valence-corrected chi connectivity index (χ2v) is 7.71. The maximum absolute atomic E-state index is 12.3. The highest BCUT2D eigenvalue weighted by molar-refractivity contribution is 8.00. The number of para-hydroxylation sites is 1. The number of hydrogen-bond donors (Lipinski definition) is 1. The van der Waals surface area contributed by atoms with Gasteiger partial charge < -0.3 is 10.2 Å². The average molecular weight is 379 g/mol. The normalized spacial score (nSPS) is 13.9. The van der Waals surface area contributed by atoms with Crippen molar-refractivity contribution in [2.45, 2.75) is 24.8 Å². The van der Waals surface area contributed by atoms with Crippen LogP contribution in [-0.4, -0.2) is 34.7 Å². The number of hydrogen-bond acceptors (Lipinski definition) is 5. The first-order valence-electron chi connectivity index (χ1n) is 9.20. The van der Waals surface area contributed by atoms with Crippen molar-refractivity contribution in [3.8, 4) is 0 Å². The Labute approximate surface area is 163 Å². The lowest BCUT2D eigenvalue weighted by molar-refractivity contribution is -0.113. The molecule has 0 aliphatic carbocycles. The van der Waals surface area contributed by atoms with Gasteiger partial charge >= 0.3 is 0 Å². The van der Waals surface area contributed by atoms with Crippen molar-refractivity contribution in [1.82, 2.24) is 9.97 Å². The Balaban J connectivity index is 1.57. The zero-order valence-corrected chi connectivity index (χ0v) is 16.1. The number of nitrogens with one attached hydrogen (secondary N) is 1. The molecule has 4 rings (SSSR count). The molecule has 2 aromatic carbocycles. The van der Waals surface area contributed by atoms with Crippen LogP contribution in [0.1, 0.15) is 18.4 Å². The summed E-state index contributed by atoms with van der Waals surface area (Å²) in [6.45, 7) is 4.05. The molecular weight excluding hydrogens is 356 g/mol. The molecule has 1 aliphatic rings. The molecule has 1 aliphatic heterocycles. The predicted molar refractivity (Wildman–Crippen MR) is 112 cm³/mol. The van der Waals surface area contributed by atoms with Crippen LogP contribution in [0.15, 0.2) is 53.6 Å². The van der Waals surface area contributed by atoms with Gasteiger partial charge in [-0.2, -0.15) is 0 Å². The Morgan fingerprint density at radius 2 is 1.89 bits per heavy atom. The molecule has 2 heterocycles. The van der Waals surface area contributed by atoms with Crippen molar-refractivity contribution in [2.75, 3.05) is 29.1 Å². The van der Waals surface area contributed by atoms with Crippen LogP contribution in [0.4, 0.5) is 11.6 Å². The fraction of sp³-hybridized carbons (Fsp3) is 0.286. The lowest BCUT2D eigenvalue weighted by Crippen LogP contribution is -2.21. The van der Waals surface area contributed by atoms with Crippen molar-refractivity contribution in [3.05, 3.63) is 54.1 Å². The number of carbonyl (C=O) groups excluding carboxylic acids is 1. The number of aromatic nitrogens is 2. The smallest absolute Gasteiger partial charge is 0.234 e. The van der Waals surface area contributed by atoms with Gasteiger partial charge in [0.15, 0.2) is 0 Å². The Hall–Kier alpha value is -2.60. The molecule has 1 aromatic heterocycles. The molecule has 3 aromatic rings. The van der Waals surface area contributed by atoms with E-state index in [1.54, 1.807) is 0 Å². The van der Waals surface area contributed by atoms with Crippen LogP contribution in [0.25, 0.3) is 10.9 Å². The predicted octanol–water partition coefficient (Wildman–Crippen LogP) is 4.27. The summed E-state index contributed by atoms with van der Waals surface area (Å²) in [6, 6.07) is 15.7. The number of rotatable bonds is 5. The van der Waals surface area contributed by atoms with E-state index >= 15 is 0 Å². The standard InChI is InChI=1S/C21H22N4OS/c1-15-9-10-18-17(13-15)20(24-21(23-18)25-11-5-6-12-25)27-14-19(26)22-16-7-3-2-4-8-16/h2-4,7-10,13H,5-6,11-12,14H2,1H3,(H,22,26). The lowest BCUT2D eigenvalue weighted by Gasteiger charge is -2.17. The quantitative estimate of drug-likeness (QED) is 0.531. The van der Waals surface area contributed by atoms with E-state index < -0.39 is 0 Å². The summed E-state index contributed by atoms with van der Waals surface area (Å²) < 4.78 is 0. The number of nitrogens with zero attached hydrogens (tertiary/aromatic N) is 3. The molecule has 1 saturated heterocycles. The van der Waals surface area contributed by atoms with Crippen LogP contribution in [0.5, 0.6) is 0 Å². The molecule has 0 radical (unpaired) electrons. The first-order chi connectivity index (χ1) is 13.2. The third-order valence-corrected chi connectivity index (χ3v) is 5.58. The van der Waals surface area contributed by atoms with E-state index in [1.165, 1.54) is 24.6 Å². The van der Waals surface area contributed by atoms with E-state index in [-0.39, 0.29) is 5.91 Å². The van der Waals surface area contributed by atoms with E-state index in [1.807, 2.05) is 36.4 Å². The first-order valence-corrected chi connectivity index (χ1v) is 10.2. The second kappa shape index (κ2) is 7.96. The number of fused-ring (bicyclic) bond motifs is 1. The fourth-order valence-corrected chi connectivity index (χ4v) is 4.03. The molecule has 0 unspecified atom stereocenters. The first kappa shape index (κ1) is 17.8. The molecule has 1 amide bonds. The third kappa shape index (κ3) is 4.22. The molecule has 0 spiro atoms. The van der Waals surface area contributed by atoms with Crippen molar-refractivity contribution in [2.24, 2.45) is 0 Å².